The lowest BCUT2D eigenvalue weighted by Crippen LogP contribution is -2.43. The Morgan fingerprint density at radius 1 is 0.545 bits per heavy atom. The van der Waals surface area contributed by atoms with Gasteiger partial charge in [-0.1, -0.05) is 0 Å². The fourth-order valence-electron chi connectivity index (χ4n) is 1.48. The highest BCUT2D eigenvalue weighted by Crippen LogP contribution is 1.94. The lowest BCUT2D eigenvalue weighted by atomic mass is 10.4. The van der Waals surface area contributed by atoms with Gasteiger partial charge in [-0.05, 0) is 0 Å². The number of aliphatic carboxylic acids is 4. The second-order valence-corrected chi connectivity index (χ2v) is 4.00. The van der Waals surface area contributed by atoms with Crippen LogP contribution in [0.3, 0.4) is 0 Å². The third-order valence-corrected chi connectivity index (χ3v) is 2.17. The number of hydrogen-bond donors (Lipinski definition) is 4. The maximum atomic E-state index is 10.6. The minimum Gasteiger partial charge on any atom is -0.480 e. The van der Waals surface area contributed by atoms with Crippen LogP contribution in [0.4, 0.5) is 0 Å². The first-order chi connectivity index (χ1) is 9.20. The van der Waals surface area contributed by atoms with Crippen molar-refractivity contribution in [2.45, 2.75) is 0 Å². The Morgan fingerprint density at radius 2 is 0.727 bits per heavy atom. The first kappa shape index (κ1) is 26.2. The summed E-state index contributed by atoms with van der Waals surface area (Å²) in [6, 6.07) is 0. The topological polar surface area (TPSA) is 156 Å². The second kappa shape index (κ2) is 14.0. The molecular weight excluding hydrogens is 325 g/mol. The first-order valence-corrected chi connectivity index (χ1v) is 5.52. The predicted molar refractivity (Wildman–Crippen MR) is 80.5 cm³/mol. The summed E-state index contributed by atoms with van der Waals surface area (Å²) in [6.07, 6.45) is 0. The van der Waals surface area contributed by atoms with E-state index in [0.29, 0.717) is 0 Å². The predicted octanol–water partition coefficient (Wildman–Crippen LogP) is -3.90. The summed E-state index contributed by atoms with van der Waals surface area (Å²) < 4.78 is 0. The summed E-state index contributed by atoms with van der Waals surface area (Å²) in [6.45, 7) is -2.25. The molecule has 0 amide bonds. The molecule has 0 rings (SSSR count). The number of nitrogens with zero attached hydrogens (tertiary/aromatic N) is 2. The van der Waals surface area contributed by atoms with E-state index in [1.165, 1.54) is 0 Å². The van der Waals surface area contributed by atoms with Crippen molar-refractivity contribution in [1.82, 2.24) is 9.80 Å². The minimum atomic E-state index is -1.23. The van der Waals surface area contributed by atoms with E-state index in [1.54, 1.807) is 0 Å². The highest BCUT2D eigenvalue weighted by atomic mass is 24.3. The summed E-state index contributed by atoms with van der Waals surface area (Å²) in [5.41, 5.74) is 0. The molecule has 0 aliphatic carbocycles. The van der Waals surface area contributed by atoms with Gasteiger partial charge in [-0.3, -0.25) is 29.0 Å². The van der Waals surface area contributed by atoms with E-state index in [4.69, 9.17) is 20.4 Å². The Morgan fingerprint density at radius 3 is 0.864 bits per heavy atom. The average molecular weight is 345 g/mol. The van der Waals surface area contributed by atoms with Gasteiger partial charge >= 0.3 is 70.0 Å². The van der Waals surface area contributed by atoms with Crippen molar-refractivity contribution in [2.24, 2.45) is 0 Å². The molecule has 0 aromatic heterocycles. The van der Waals surface area contributed by atoms with Crippen LogP contribution in [0.5, 0.6) is 0 Å². The molecule has 0 bridgehead atoms. The van der Waals surface area contributed by atoms with E-state index in [2.05, 4.69) is 0 Å². The normalized spacial score (nSPS) is 9.73. The summed E-state index contributed by atoms with van der Waals surface area (Å²) in [5, 5.41) is 34.5. The zero-order valence-corrected chi connectivity index (χ0v) is 10.6. The van der Waals surface area contributed by atoms with Crippen LogP contribution in [0.15, 0.2) is 0 Å². The van der Waals surface area contributed by atoms with E-state index in [9.17, 15) is 19.2 Å². The summed E-state index contributed by atoms with van der Waals surface area (Å²) in [4.78, 5) is 44.4. The first-order valence-electron chi connectivity index (χ1n) is 5.52. The molecule has 0 saturated heterocycles. The van der Waals surface area contributed by atoms with Gasteiger partial charge in [-0.25, -0.2) is 0 Å². The number of rotatable bonds is 11. The van der Waals surface area contributed by atoms with Crippen molar-refractivity contribution >= 4 is 70.0 Å². The summed E-state index contributed by atoms with van der Waals surface area (Å²) in [5.74, 6) is -4.91. The molecule has 4 N–H and O–H groups in total. The van der Waals surface area contributed by atoms with Crippen molar-refractivity contribution in [1.29, 1.82) is 0 Å². The summed E-state index contributed by atoms with van der Waals surface area (Å²) >= 11 is 0. The van der Waals surface area contributed by atoms with Gasteiger partial charge in [0, 0.05) is 13.1 Å². The highest BCUT2D eigenvalue weighted by molar-refractivity contribution is 5.76. The Bertz CT molecular complexity index is 325. The van der Waals surface area contributed by atoms with Gasteiger partial charge in [-0.15, -0.1) is 0 Å². The SMILES string of the molecule is O=C(O)CN(CCN(CC(=O)O)CC(=O)O)CC(=O)O.[MgH2].[MgH2]. The molecule has 0 aromatic carbocycles. The molecule has 0 aromatic rings. The standard InChI is InChI=1S/C10H16N2O8.2Mg.4H/c13-7(14)3-11(4-8(15)16)1-2-12(5-9(17)18)6-10(19)20;;;;;;/h1-6H2,(H,13,14)(H,15,16)(H,17,18)(H,19,20);;;;;;. The highest BCUT2D eigenvalue weighted by Gasteiger charge is 2.17. The van der Waals surface area contributed by atoms with E-state index >= 15 is 0 Å². The second-order valence-electron chi connectivity index (χ2n) is 4.00. The van der Waals surface area contributed by atoms with Crippen LogP contribution in [0, 0.1) is 0 Å². The van der Waals surface area contributed by atoms with Gasteiger partial charge in [-0.2, -0.15) is 0 Å². The molecule has 12 heteroatoms. The van der Waals surface area contributed by atoms with Gasteiger partial charge in [0.25, 0.3) is 0 Å². The van der Waals surface area contributed by atoms with Gasteiger partial charge in [0.05, 0.1) is 26.2 Å². The van der Waals surface area contributed by atoms with Crippen molar-refractivity contribution in [3.8, 4) is 0 Å². The molecule has 122 valence electrons. The lowest BCUT2D eigenvalue weighted by Gasteiger charge is -2.23. The molecule has 0 saturated carbocycles. The van der Waals surface area contributed by atoms with Crippen LogP contribution in [-0.2, 0) is 19.2 Å². The molecule has 0 fully saturated rings. The molecule has 22 heavy (non-hydrogen) atoms. The number of carboxylic acids is 4. The Balaban J connectivity index is -0.00000180. The molecule has 0 radical (unpaired) electrons. The number of hydrogen-bond acceptors (Lipinski definition) is 6. The number of carboxylic acid groups (broad SMARTS) is 4. The lowest BCUT2D eigenvalue weighted by molar-refractivity contribution is -0.145. The zero-order valence-electron chi connectivity index (χ0n) is 10.6. The van der Waals surface area contributed by atoms with Gasteiger partial charge in [0.1, 0.15) is 0 Å². The molecule has 0 aliphatic heterocycles. The molecule has 0 spiro atoms. The van der Waals surface area contributed by atoms with E-state index in [1.807, 2.05) is 0 Å². The Kier molecular flexibility index (Phi) is 16.6. The third kappa shape index (κ3) is 15.7. The largest absolute Gasteiger partial charge is 0.480 e. The van der Waals surface area contributed by atoms with Crippen molar-refractivity contribution in [2.75, 3.05) is 39.3 Å². The number of carbonyl (C=O) groups is 4. The van der Waals surface area contributed by atoms with Crippen molar-refractivity contribution in [3.63, 3.8) is 0 Å². The quantitative estimate of drug-likeness (QED) is 0.273. The monoisotopic (exact) mass is 344 g/mol. The van der Waals surface area contributed by atoms with Crippen LogP contribution >= 0.6 is 0 Å². The maximum Gasteiger partial charge on any atom is 0.317 e. The van der Waals surface area contributed by atoms with Gasteiger partial charge in [0.15, 0.2) is 0 Å². The fourth-order valence-corrected chi connectivity index (χ4v) is 1.48. The van der Waals surface area contributed by atoms with Gasteiger partial charge in [0.2, 0.25) is 0 Å². The fraction of sp³-hybridized carbons (Fsp3) is 0.600. The minimum absolute atomic E-state index is 0. The van der Waals surface area contributed by atoms with E-state index < -0.39 is 50.1 Å². The molecule has 0 heterocycles. The van der Waals surface area contributed by atoms with Crippen molar-refractivity contribution in [3.05, 3.63) is 0 Å². The third-order valence-electron chi connectivity index (χ3n) is 2.17. The van der Waals surface area contributed by atoms with Gasteiger partial charge < -0.3 is 20.4 Å². The zero-order chi connectivity index (χ0) is 15.7. The van der Waals surface area contributed by atoms with Crippen LogP contribution in [0.1, 0.15) is 0 Å². The Labute approximate surface area is 158 Å². The van der Waals surface area contributed by atoms with Crippen molar-refractivity contribution < 1.29 is 39.6 Å². The van der Waals surface area contributed by atoms with E-state index in [0.717, 1.165) is 9.80 Å². The molecule has 10 nitrogen and oxygen atoms in total. The van der Waals surface area contributed by atoms with Crippen LogP contribution in [-0.4, -0.2) is 139 Å². The van der Waals surface area contributed by atoms with Crippen LogP contribution < -0.4 is 0 Å². The van der Waals surface area contributed by atoms with Crippen LogP contribution in [0.2, 0.25) is 0 Å². The molecule has 0 aliphatic rings. The smallest absolute Gasteiger partial charge is 0.317 e. The molecule has 0 atom stereocenters. The van der Waals surface area contributed by atoms with Crippen LogP contribution in [0.25, 0.3) is 0 Å². The summed E-state index contributed by atoms with van der Waals surface area (Å²) in [7, 11) is 0. The van der Waals surface area contributed by atoms with E-state index in [-0.39, 0.29) is 59.2 Å². The maximum absolute atomic E-state index is 10.6. The average Bonchev–Trinajstić information content (AvgIpc) is 2.22. The molecular formula is C10H20Mg2N2O8. The Hall–Kier alpha value is -0.668. The molecule has 0 unspecified atom stereocenters.